The molecule has 1 saturated heterocycles. The van der Waals surface area contributed by atoms with Crippen LogP contribution in [0.2, 0.25) is 0 Å². The second kappa shape index (κ2) is 7.91. The molecule has 0 unspecified atom stereocenters. The number of imide groups is 1. The summed E-state index contributed by atoms with van der Waals surface area (Å²) in [5.74, 6) is -1.22. The number of carbonyl (C=O) groups excluding carboxylic acids is 2. The molecule has 12 heteroatoms. The molecule has 2 amide bonds. The normalized spacial score (nSPS) is 25.6. The Labute approximate surface area is 218 Å². The fourth-order valence-corrected chi connectivity index (χ4v) is 6.09. The van der Waals surface area contributed by atoms with E-state index < -0.39 is 49.1 Å². The average molecular weight is 533 g/mol. The van der Waals surface area contributed by atoms with Crippen molar-refractivity contribution in [2.24, 2.45) is 0 Å². The van der Waals surface area contributed by atoms with Crippen LogP contribution in [0.4, 0.5) is 0 Å². The maximum atomic E-state index is 13.5. The van der Waals surface area contributed by atoms with Gasteiger partial charge in [0.15, 0.2) is 6.23 Å². The van der Waals surface area contributed by atoms with Crippen molar-refractivity contribution in [3.63, 3.8) is 0 Å². The van der Waals surface area contributed by atoms with Gasteiger partial charge >= 0.3 is 0 Å². The smallest absolute Gasteiger partial charge is 0.262 e. The number of nitrogens with zero attached hydrogens (tertiary/aromatic N) is 2. The molecule has 0 saturated carbocycles. The molecule has 7 rings (SSSR count). The number of phenolic OH excluding ortho intramolecular Hbond substituents is 2. The molecule has 2 aromatic heterocycles. The first-order valence-electron chi connectivity index (χ1n) is 12.2. The van der Waals surface area contributed by atoms with E-state index in [1.165, 1.54) is 35.9 Å². The number of phenols is 2. The quantitative estimate of drug-likeness (QED) is 0.163. The summed E-state index contributed by atoms with van der Waals surface area (Å²) in [4.78, 5) is 31.2. The third-order valence-corrected chi connectivity index (χ3v) is 7.92. The van der Waals surface area contributed by atoms with Gasteiger partial charge in [0.2, 0.25) is 0 Å². The Kier molecular flexibility index (Phi) is 4.84. The highest BCUT2D eigenvalue weighted by Gasteiger charge is 2.46. The van der Waals surface area contributed by atoms with Gasteiger partial charge in [0.1, 0.15) is 35.9 Å². The highest BCUT2D eigenvalue weighted by Crippen LogP contribution is 2.47. The van der Waals surface area contributed by atoms with Gasteiger partial charge in [-0.2, -0.15) is 0 Å². The molecular formula is C27H23N3O9. The molecule has 0 radical (unpaired) electrons. The zero-order valence-corrected chi connectivity index (χ0v) is 20.4. The molecule has 0 aliphatic carbocycles. The lowest BCUT2D eigenvalue weighted by atomic mass is 9.96. The summed E-state index contributed by atoms with van der Waals surface area (Å²) >= 11 is 0. The molecule has 0 spiro atoms. The van der Waals surface area contributed by atoms with Gasteiger partial charge in [-0.1, -0.05) is 0 Å². The van der Waals surface area contributed by atoms with Gasteiger partial charge in [-0.05, 0) is 24.3 Å². The van der Waals surface area contributed by atoms with Crippen molar-refractivity contribution in [1.82, 2.24) is 14.5 Å². The second-order valence-corrected chi connectivity index (χ2v) is 10.0. The van der Waals surface area contributed by atoms with Crippen LogP contribution in [0.25, 0.3) is 43.6 Å². The maximum Gasteiger partial charge on any atom is 0.262 e. The Morgan fingerprint density at radius 3 is 2.21 bits per heavy atom. The Morgan fingerprint density at radius 1 is 0.872 bits per heavy atom. The van der Waals surface area contributed by atoms with Crippen LogP contribution in [-0.2, 0) is 4.74 Å². The first-order valence-corrected chi connectivity index (χ1v) is 12.2. The first-order chi connectivity index (χ1) is 18.6. The highest BCUT2D eigenvalue weighted by molar-refractivity contribution is 6.39. The average Bonchev–Trinajstić information content (AvgIpc) is 3.51. The predicted octanol–water partition coefficient (Wildman–Crippen LogP) is 1.04. The fraction of sp³-hybridized carbons (Fsp3) is 0.259. The Morgan fingerprint density at radius 2 is 1.51 bits per heavy atom. The van der Waals surface area contributed by atoms with E-state index in [1.54, 1.807) is 12.1 Å². The molecular weight excluding hydrogens is 510 g/mol. The van der Waals surface area contributed by atoms with Crippen molar-refractivity contribution in [3.8, 4) is 11.5 Å². The van der Waals surface area contributed by atoms with Crippen molar-refractivity contribution in [3.05, 3.63) is 47.5 Å². The van der Waals surface area contributed by atoms with Crippen LogP contribution in [-0.4, -0.2) is 95.0 Å². The summed E-state index contributed by atoms with van der Waals surface area (Å²) in [6, 6.07) is 8.95. The number of hydrogen-bond donors (Lipinski definition) is 7. The number of ether oxygens (including phenoxy) is 1. The molecule has 1 fully saturated rings. The monoisotopic (exact) mass is 533 g/mol. The summed E-state index contributed by atoms with van der Waals surface area (Å²) in [5.41, 5.74) is 1.78. The summed E-state index contributed by atoms with van der Waals surface area (Å²) in [6.07, 6.45) is -7.58. The number of nitrogens with one attached hydrogen (secondary N) is 1. The molecule has 2 aliphatic heterocycles. The topological polar surface area (TPSA) is 189 Å². The van der Waals surface area contributed by atoms with E-state index in [4.69, 9.17) is 4.74 Å². The van der Waals surface area contributed by atoms with E-state index in [1.807, 2.05) is 0 Å². The number of carbonyl (C=O) groups is 2. The lowest BCUT2D eigenvalue weighted by Crippen LogP contribution is -2.56. The second-order valence-electron chi connectivity index (χ2n) is 10.0. The van der Waals surface area contributed by atoms with E-state index >= 15 is 0 Å². The largest absolute Gasteiger partial charge is 0.508 e. The zero-order valence-electron chi connectivity index (χ0n) is 20.4. The van der Waals surface area contributed by atoms with Crippen molar-refractivity contribution in [2.45, 2.75) is 30.6 Å². The van der Waals surface area contributed by atoms with Crippen LogP contribution >= 0.6 is 0 Å². The predicted molar refractivity (Wildman–Crippen MR) is 138 cm³/mol. The third-order valence-electron chi connectivity index (χ3n) is 7.92. The van der Waals surface area contributed by atoms with Crippen molar-refractivity contribution < 1.29 is 45.0 Å². The minimum absolute atomic E-state index is 0.0270. The van der Waals surface area contributed by atoms with E-state index in [9.17, 15) is 40.2 Å². The molecule has 7 N–H and O–H groups in total. The van der Waals surface area contributed by atoms with Gasteiger partial charge in [0, 0.05) is 40.7 Å². The maximum absolute atomic E-state index is 13.5. The first kappa shape index (κ1) is 23.9. The zero-order chi connectivity index (χ0) is 27.5. The van der Waals surface area contributed by atoms with E-state index in [2.05, 4.69) is 4.98 Å². The van der Waals surface area contributed by atoms with Crippen molar-refractivity contribution in [1.29, 1.82) is 0 Å². The number of aromatic nitrogens is 2. The molecule has 39 heavy (non-hydrogen) atoms. The molecule has 5 atom stereocenters. The van der Waals surface area contributed by atoms with Gasteiger partial charge in [-0.3, -0.25) is 14.5 Å². The fourth-order valence-electron chi connectivity index (χ4n) is 6.09. The van der Waals surface area contributed by atoms with Crippen molar-refractivity contribution in [2.75, 3.05) is 13.7 Å². The van der Waals surface area contributed by atoms with Gasteiger partial charge in [-0.25, -0.2) is 0 Å². The number of rotatable bonds is 2. The van der Waals surface area contributed by atoms with E-state index in [0.717, 1.165) is 4.90 Å². The molecule has 2 aliphatic rings. The van der Waals surface area contributed by atoms with Crippen LogP contribution in [0.3, 0.4) is 0 Å². The number of hydrogen-bond acceptors (Lipinski definition) is 9. The van der Waals surface area contributed by atoms with Crippen LogP contribution in [0, 0.1) is 0 Å². The highest BCUT2D eigenvalue weighted by atomic mass is 16.6. The van der Waals surface area contributed by atoms with E-state index in [0.29, 0.717) is 43.6 Å². The van der Waals surface area contributed by atoms with Crippen LogP contribution in [0.5, 0.6) is 11.5 Å². The van der Waals surface area contributed by atoms with Gasteiger partial charge in [0.05, 0.1) is 39.8 Å². The van der Waals surface area contributed by atoms with Gasteiger partial charge < -0.3 is 44.9 Å². The number of aromatic amines is 1. The molecule has 5 aromatic rings. The number of aromatic hydroxyl groups is 2. The lowest BCUT2D eigenvalue weighted by Gasteiger charge is -2.41. The molecule has 200 valence electrons. The molecule has 0 bridgehead atoms. The Hall–Kier alpha value is -4.20. The van der Waals surface area contributed by atoms with E-state index in [-0.39, 0.29) is 22.6 Å². The van der Waals surface area contributed by atoms with Gasteiger partial charge in [0.25, 0.3) is 11.8 Å². The number of H-pyrrole nitrogens is 1. The number of benzene rings is 3. The minimum Gasteiger partial charge on any atom is -0.508 e. The lowest BCUT2D eigenvalue weighted by molar-refractivity contribution is -0.249. The minimum atomic E-state index is -1.69. The number of fused-ring (bicyclic) bond motifs is 10. The van der Waals surface area contributed by atoms with Crippen LogP contribution in [0.1, 0.15) is 26.9 Å². The number of aliphatic hydroxyl groups is 4. The summed E-state index contributed by atoms with van der Waals surface area (Å²) in [6.45, 7) is -0.655. The van der Waals surface area contributed by atoms with Gasteiger partial charge in [-0.15, -0.1) is 0 Å². The third kappa shape index (κ3) is 2.94. The number of amides is 2. The van der Waals surface area contributed by atoms with Crippen LogP contribution in [0.15, 0.2) is 36.4 Å². The van der Waals surface area contributed by atoms with Crippen molar-refractivity contribution >= 4 is 55.4 Å². The SMILES string of the molecule is CN1C(=O)c2c(c3c4ccc(O)cc4n([C@@H]4O[C@H](CO)[C@@H](O)[C@H](O)[C@H]4O)c3c3[nH]c4cc(O)ccc4c23)C1=O. The Balaban J connectivity index is 1.72. The summed E-state index contributed by atoms with van der Waals surface area (Å²) in [7, 11) is 1.38. The molecule has 4 heterocycles. The molecule has 3 aromatic carbocycles. The summed E-state index contributed by atoms with van der Waals surface area (Å²) in [5, 5.41) is 64.2. The standard InChI is InChI=1S/C27H23N3O9/c1-29-25(37)18-16-11-4-2-9(32)6-13(11)28-20(16)21-17(19(18)26(29)38)12-5-3-10(33)7-14(12)30(21)27-24(36)23(35)22(34)15(8-31)39-27/h2-7,15,22-24,27-28,31-36H,8H2,1H3/t15-,22-,23+,24-,27-/m1/s1. The Bertz CT molecular complexity index is 1890. The van der Waals surface area contributed by atoms with Crippen LogP contribution < -0.4 is 0 Å². The molecule has 12 nitrogen and oxygen atoms in total. The summed E-state index contributed by atoms with van der Waals surface area (Å²) < 4.78 is 7.40. The number of aliphatic hydroxyl groups excluding tert-OH is 4.